The fourth-order valence-electron chi connectivity index (χ4n) is 0.291. The molecule has 0 aromatic carbocycles. The summed E-state index contributed by atoms with van der Waals surface area (Å²) in [5.41, 5.74) is 5.30. The van der Waals surface area contributed by atoms with Crippen LogP contribution in [0.25, 0.3) is 0 Å². The number of thiophene rings is 1. The highest BCUT2D eigenvalue weighted by Gasteiger charge is 1.75. The number of halogens is 1. The Morgan fingerprint density at radius 3 is 2.43 bits per heavy atom. The van der Waals surface area contributed by atoms with E-state index in [0.717, 1.165) is 5.00 Å². The Hall–Kier alpha value is -0.570. The van der Waals surface area contributed by atoms with Crippen molar-refractivity contribution in [3.8, 4) is 0 Å². The second-order valence-corrected chi connectivity index (χ2v) is 1.99. The fraction of sp³-hybridized carbons (Fsp3) is 0. The van der Waals surface area contributed by atoms with E-state index in [2.05, 4.69) is 0 Å². The number of hydrogen-bond acceptors (Lipinski definition) is 2. The van der Waals surface area contributed by atoms with Crippen LogP contribution in [0.15, 0.2) is 17.5 Å². The summed E-state index contributed by atoms with van der Waals surface area (Å²) < 4.78 is 0. The predicted molar refractivity (Wildman–Crippen MR) is 31.2 cm³/mol. The summed E-state index contributed by atoms with van der Waals surface area (Å²) in [4.78, 5) is 0. The van der Waals surface area contributed by atoms with Crippen molar-refractivity contribution in [3.05, 3.63) is 17.5 Å². The molecule has 0 bridgehead atoms. The molecule has 0 radical (unpaired) electrons. The van der Waals surface area contributed by atoms with E-state index < -0.39 is 0 Å². The third-order valence-corrected chi connectivity index (χ3v) is 1.24. The fourth-order valence-corrected chi connectivity index (χ4v) is 0.763. The first-order chi connectivity index (χ1) is 2.89. The van der Waals surface area contributed by atoms with Gasteiger partial charge in [0.25, 0.3) is 0 Å². The summed E-state index contributed by atoms with van der Waals surface area (Å²) in [5.74, 6) is 0. The summed E-state index contributed by atoms with van der Waals surface area (Å²) in [6, 6.07) is 3.81. The molecular formula is C4H6FNS. The van der Waals surface area contributed by atoms with E-state index in [1.165, 1.54) is 0 Å². The lowest BCUT2D eigenvalue weighted by Crippen LogP contribution is -1.72. The van der Waals surface area contributed by atoms with Crippen molar-refractivity contribution in [2.24, 2.45) is 0 Å². The first-order valence-corrected chi connectivity index (χ1v) is 2.56. The van der Waals surface area contributed by atoms with Gasteiger partial charge in [-0.3, -0.25) is 4.70 Å². The molecule has 0 fully saturated rings. The molecule has 3 heteroatoms. The van der Waals surface area contributed by atoms with Crippen LogP contribution in [0, 0.1) is 0 Å². The molecular weight excluding hydrogens is 113 g/mol. The molecule has 1 heterocycles. The summed E-state index contributed by atoms with van der Waals surface area (Å²) >= 11 is 1.56. The molecule has 2 N–H and O–H groups in total. The summed E-state index contributed by atoms with van der Waals surface area (Å²) in [5, 5.41) is 2.84. The van der Waals surface area contributed by atoms with Gasteiger partial charge in [-0.1, -0.05) is 0 Å². The van der Waals surface area contributed by atoms with Crippen LogP contribution in [0.2, 0.25) is 0 Å². The van der Waals surface area contributed by atoms with E-state index in [1.807, 2.05) is 17.5 Å². The van der Waals surface area contributed by atoms with Crippen LogP contribution in [0.1, 0.15) is 0 Å². The minimum atomic E-state index is 0. The second-order valence-electron chi connectivity index (χ2n) is 1.02. The second kappa shape index (κ2) is 2.58. The lowest BCUT2D eigenvalue weighted by Gasteiger charge is -1.68. The predicted octanol–water partition coefficient (Wildman–Crippen LogP) is 1.48. The highest BCUT2D eigenvalue weighted by atomic mass is 32.1. The van der Waals surface area contributed by atoms with Crippen molar-refractivity contribution >= 4 is 16.3 Å². The summed E-state index contributed by atoms with van der Waals surface area (Å²) in [6.07, 6.45) is 0. The molecule has 0 saturated carbocycles. The molecule has 1 nitrogen and oxygen atoms in total. The highest BCUT2D eigenvalue weighted by molar-refractivity contribution is 7.13. The van der Waals surface area contributed by atoms with Gasteiger partial charge in [0.15, 0.2) is 0 Å². The molecule has 0 atom stereocenters. The van der Waals surface area contributed by atoms with Gasteiger partial charge in [-0.25, -0.2) is 0 Å². The molecule has 1 aromatic rings. The van der Waals surface area contributed by atoms with Crippen molar-refractivity contribution < 1.29 is 4.70 Å². The topological polar surface area (TPSA) is 26.0 Å². The Morgan fingerprint density at radius 2 is 2.29 bits per heavy atom. The van der Waals surface area contributed by atoms with Crippen molar-refractivity contribution in [3.63, 3.8) is 0 Å². The minimum Gasteiger partial charge on any atom is -0.391 e. The molecule has 0 aliphatic heterocycles. The first kappa shape index (κ1) is 6.43. The Labute approximate surface area is 45.1 Å². The van der Waals surface area contributed by atoms with Crippen LogP contribution in [-0.4, -0.2) is 0 Å². The highest BCUT2D eigenvalue weighted by Crippen LogP contribution is 2.07. The van der Waals surface area contributed by atoms with Gasteiger partial charge in [0.05, 0.1) is 5.00 Å². The number of nitrogen functional groups attached to an aromatic ring is 1. The Bertz CT molecular complexity index is 115. The van der Waals surface area contributed by atoms with Crippen LogP contribution >= 0.6 is 11.3 Å². The van der Waals surface area contributed by atoms with Crippen LogP contribution in [0.4, 0.5) is 9.71 Å². The normalized spacial score (nSPS) is 7.43. The van der Waals surface area contributed by atoms with Crippen LogP contribution < -0.4 is 5.73 Å². The van der Waals surface area contributed by atoms with Crippen LogP contribution in [0.3, 0.4) is 0 Å². The van der Waals surface area contributed by atoms with Crippen molar-refractivity contribution in [1.29, 1.82) is 0 Å². The van der Waals surface area contributed by atoms with E-state index in [0.29, 0.717) is 0 Å². The third kappa shape index (κ3) is 1.55. The van der Waals surface area contributed by atoms with Gasteiger partial charge in [-0.05, 0) is 17.5 Å². The maximum absolute atomic E-state index is 5.30. The smallest absolute Gasteiger partial charge is 0.0856 e. The quantitative estimate of drug-likeness (QED) is 0.550. The third-order valence-electron chi connectivity index (χ3n) is 0.543. The molecule has 1 aromatic heterocycles. The molecule has 1 rings (SSSR count). The maximum Gasteiger partial charge on any atom is 0.0856 e. The Morgan fingerprint density at radius 1 is 1.57 bits per heavy atom. The van der Waals surface area contributed by atoms with E-state index in [9.17, 15) is 0 Å². The molecule has 0 spiro atoms. The van der Waals surface area contributed by atoms with Crippen molar-refractivity contribution in [2.45, 2.75) is 0 Å². The Kier molecular flexibility index (Phi) is 2.37. The minimum absolute atomic E-state index is 0. The summed E-state index contributed by atoms with van der Waals surface area (Å²) in [7, 11) is 0. The Balaban J connectivity index is 0.000000360. The number of rotatable bonds is 0. The van der Waals surface area contributed by atoms with Gasteiger partial charge < -0.3 is 5.73 Å². The molecule has 0 aliphatic rings. The summed E-state index contributed by atoms with van der Waals surface area (Å²) in [6.45, 7) is 0. The SMILES string of the molecule is F.Nc1cccs1. The van der Waals surface area contributed by atoms with Crippen molar-refractivity contribution in [2.75, 3.05) is 5.73 Å². The number of anilines is 1. The van der Waals surface area contributed by atoms with Crippen LogP contribution in [0.5, 0.6) is 0 Å². The zero-order chi connectivity index (χ0) is 4.41. The van der Waals surface area contributed by atoms with Gasteiger partial charge in [0.1, 0.15) is 0 Å². The van der Waals surface area contributed by atoms with E-state index >= 15 is 0 Å². The average Bonchev–Trinajstić information content (AvgIpc) is 1.86. The van der Waals surface area contributed by atoms with Crippen LogP contribution in [-0.2, 0) is 0 Å². The number of hydrogen-bond donors (Lipinski definition) is 1. The molecule has 0 aliphatic carbocycles. The zero-order valence-electron chi connectivity index (χ0n) is 3.63. The lowest BCUT2D eigenvalue weighted by molar-refractivity contribution is 1.11. The molecule has 40 valence electrons. The maximum atomic E-state index is 5.30. The van der Waals surface area contributed by atoms with E-state index in [4.69, 9.17) is 5.73 Å². The van der Waals surface area contributed by atoms with Gasteiger partial charge in [0, 0.05) is 0 Å². The van der Waals surface area contributed by atoms with Crippen molar-refractivity contribution in [1.82, 2.24) is 0 Å². The molecule has 7 heavy (non-hydrogen) atoms. The van der Waals surface area contributed by atoms with Gasteiger partial charge in [-0.15, -0.1) is 11.3 Å². The monoisotopic (exact) mass is 119 g/mol. The number of nitrogens with two attached hydrogens (primary N) is 1. The lowest BCUT2D eigenvalue weighted by atomic mass is 10.6. The van der Waals surface area contributed by atoms with Gasteiger partial charge >= 0.3 is 0 Å². The zero-order valence-corrected chi connectivity index (χ0v) is 4.44. The molecule has 0 saturated heterocycles. The molecule has 0 amide bonds. The average molecular weight is 119 g/mol. The largest absolute Gasteiger partial charge is 0.391 e. The van der Waals surface area contributed by atoms with E-state index in [-0.39, 0.29) is 4.70 Å². The first-order valence-electron chi connectivity index (χ1n) is 1.68. The van der Waals surface area contributed by atoms with Gasteiger partial charge in [0.2, 0.25) is 0 Å². The standard InChI is InChI=1S/C4H5NS.FH/c5-4-2-1-3-6-4;/h1-3H,5H2;1H. The van der Waals surface area contributed by atoms with Gasteiger partial charge in [-0.2, -0.15) is 0 Å². The van der Waals surface area contributed by atoms with E-state index in [1.54, 1.807) is 11.3 Å². The molecule has 0 unspecified atom stereocenters.